The van der Waals surface area contributed by atoms with E-state index in [-0.39, 0.29) is 12.1 Å². The molecule has 2 aliphatic heterocycles. The molecule has 3 aliphatic rings. The first-order valence-electron chi connectivity index (χ1n) is 12.0. The Balaban J connectivity index is 1.27. The van der Waals surface area contributed by atoms with Gasteiger partial charge in [-0.05, 0) is 51.2 Å². The molecule has 4 rings (SSSR count). The minimum atomic E-state index is -0.163. The van der Waals surface area contributed by atoms with Gasteiger partial charge in [-0.25, -0.2) is 9.78 Å². The lowest BCUT2D eigenvalue weighted by atomic mass is 9.78. The predicted octanol–water partition coefficient (Wildman–Crippen LogP) is 2.71. The van der Waals surface area contributed by atoms with Crippen LogP contribution in [0.4, 0.5) is 10.6 Å². The van der Waals surface area contributed by atoms with Crippen LogP contribution in [0.25, 0.3) is 0 Å². The van der Waals surface area contributed by atoms with E-state index in [2.05, 4.69) is 20.9 Å². The van der Waals surface area contributed by atoms with E-state index in [1.807, 2.05) is 31.0 Å². The third kappa shape index (κ3) is 5.00. The number of anilines is 1. The molecule has 32 heavy (non-hydrogen) atoms. The number of pyridine rings is 1. The fourth-order valence-electron chi connectivity index (χ4n) is 5.56. The van der Waals surface area contributed by atoms with Crippen LogP contribution >= 0.6 is 0 Å². The van der Waals surface area contributed by atoms with Crippen molar-refractivity contribution in [1.29, 1.82) is 0 Å². The molecular formula is C24H36N4O4. The fraction of sp³-hybridized carbons (Fsp3) is 0.708. The summed E-state index contributed by atoms with van der Waals surface area (Å²) in [5, 5.41) is 0. The van der Waals surface area contributed by atoms with Gasteiger partial charge in [-0.2, -0.15) is 0 Å². The maximum absolute atomic E-state index is 11.9. The maximum atomic E-state index is 11.9. The average molecular weight is 445 g/mol. The number of likely N-dealkylation sites (tertiary alicyclic amines) is 1. The molecular weight excluding hydrogens is 408 g/mol. The average Bonchev–Trinajstić information content (AvgIpc) is 3.23. The normalized spacial score (nSPS) is 22.6. The number of aromatic nitrogens is 1. The summed E-state index contributed by atoms with van der Waals surface area (Å²) >= 11 is 0. The van der Waals surface area contributed by atoms with Crippen LogP contribution in [0.3, 0.4) is 0 Å². The van der Waals surface area contributed by atoms with Gasteiger partial charge < -0.3 is 19.3 Å². The molecule has 1 aromatic rings. The van der Waals surface area contributed by atoms with Gasteiger partial charge in [0.15, 0.2) is 0 Å². The number of esters is 1. The summed E-state index contributed by atoms with van der Waals surface area (Å²) < 4.78 is 10.2. The van der Waals surface area contributed by atoms with Gasteiger partial charge in [0.05, 0.1) is 13.2 Å². The smallest absolute Gasteiger partial charge is 0.409 e. The first-order valence-corrected chi connectivity index (χ1v) is 12.0. The van der Waals surface area contributed by atoms with Crippen LogP contribution in [0.2, 0.25) is 0 Å². The SMILES string of the molecule is CCOC(=O)CCc1cccnc1N1CCN([C@@H]2CCC3(C2)CN(C(=O)OCC)C3)CC1. The third-order valence-corrected chi connectivity index (χ3v) is 7.16. The Morgan fingerprint density at radius 2 is 1.88 bits per heavy atom. The lowest BCUT2D eigenvalue weighted by Gasteiger charge is -2.48. The van der Waals surface area contributed by atoms with Gasteiger partial charge in [-0.3, -0.25) is 9.69 Å². The highest BCUT2D eigenvalue weighted by Gasteiger charge is 2.51. The van der Waals surface area contributed by atoms with Crippen LogP contribution in [0.5, 0.6) is 0 Å². The van der Waals surface area contributed by atoms with E-state index >= 15 is 0 Å². The number of hydrogen-bond donors (Lipinski definition) is 0. The number of piperazine rings is 1. The summed E-state index contributed by atoms with van der Waals surface area (Å²) in [7, 11) is 0. The molecule has 8 heteroatoms. The number of amides is 1. The Labute approximate surface area is 190 Å². The molecule has 0 N–H and O–H groups in total. The molecule has 1 aromatic heterocycles. The van der Waals surface area contributed by atoms with Gasteiger partial charge in [-0.15, -0.1) is 0 Å². The van der Waals surface area contributed by atoms with Crippen molar-refractivity contribution in [2.45, 2.75) is 52.0 Å². The summed E-state index contributed by atoms with van der Waals surface area (Å²) in [5.41, 5.74) is 1.41. The number of carbonyl (C=O) groups excluding carboxylic acids is 2. The fourth-order valence-corrected chi connectivity index (χ4v) is 5.56. The van der Waals surface area contributed by atoms with E-state index < -0.39 is 0 Å². The molecule has 176 valence electrons. The van der Waals surface area contributed by atoms with E-state index in [1.54, 1.807) is 0 Å². The van der Waals surface area contributed by atoms with Crippen LogP contribution in [0.1, 0.15) is 45.1 Å². The van der Waals surface area contributed by atoms with Gasteiger partial charge in [0.1, 0.15) is 5.82 Å². The van der Waals surface area contributed by atoms with E-state index in [4.69, 9.17) is 9.47 Å². The molecule has 8 nitrogen and oxygen atoms in total. The summed E-state index contributed by atoms with van der Waals surface area (Å²) in [6.45, 7) is 10.2. The molecule has 0 unspecified atom stereocenters. The molecule has 0 radical (unpaired) electrons. The molecule has 3 heterocycles. The molecule has 0 aromatic carbocycles. The summed E-state index contributed by atoms with van der Waals surface area (Å²) in [4.78, 5) is 35.2. The minimum absolute atomic E-state index is 0.153. The van der Waals surface area contributed by atoms with E-state index in [9.17, 15) is 9.59 Å². The van der Waals surface area contributed by atoms with Crippen molar-refractivity contribution in [3.05, 3.63) is 23.9 Å². The molecule has 3 fully saturated rings. The standard InChI is InChI=1S/C24H36N4O4/c1-3-31-21(29)8-7-19-6-5-11-25-22(19)27-14-12-26(13-15-27)20-9-10-24(16-20)17-28(18-24)23(30)32-4-2/h5-6,11,20H,3-4,7-10,12-18H2,1-2H3/t20-/m1/s1. The predicted molar refractivity (Wildman–Crippen MR) is 122 cm³/mol. The molecule has 1 atom stereocenters. The van der Waals surface area contributed by atoms with Crippen molar-refractivity contribution >= 4 is 17.9 Å². The zero-order chi connectivity index (χ0) is 22.6. The molecule has 2 saturated heterocycles. The maximum Gasteiger partial charge on any atom is 0.409 e. The zero-order valence-corrected chi connectivity index (χ0v) is 19.4. The molecule has 1 aliphatic carbocycles. The molecule has 0 bridgehead atoms. The minimum Gasteiger partial charge on any atom is -0.466 e. The summed E-state index contributed by atoms with van der Waals surface area (Å²) in [5.74, 6) is 0.850. The van der Waals surface area contributed by atoms with Crippen molar-refractivity contribution in [3.63, 3.8) is 0 Å². The van der Waals surface area contributed by atoms with Crippen molar-refractivity contribution in [3.8, 4) is 0 Å². The van der Waals surface area contributed by atoms with Crippen molar-refractivity contribution in [2.75, 3.05) is 57.4 Å². The lowest BCUT2D eigenvalue weighted by molar-refractivity contribution is -0.143. The molecule has 1 saturated carbocycles. The Morgan fingerprint density at radius 1 is 1.12 bits per heavy atom. The second-order valence-corrected chi connectivity index (χ2v) is 9.27. The number of aryl methyl sites for hydroxylation is 1. The van der Waals surface area contributed by atoms with Crippen molar-refractivity contribution < 1.29 is 19.1 Å². The monoisotopic (exact) mass is 444 g/mol. The largest absolute Gasteiger partial charge is 0.466 e. The van der Waals surface area contributed by atoms with Crippen LogP contribution in [0, 0.1) is 5.41 Å². The van der Waals surface area contributed by atoms with Gasteiger partial charge in [0, 0.05) is 63.3 Å². The number of carbonyl (C=O) groups is 2. The van der Waals surface area contributed by atoms with E-state index in [0.29, 0.717) is 37.5 Å². The van der Waals surface area contributed by atoms with Crippen molar-refractivity contribution in [1.82, 2.24) is 14.8 Å². The van der Waals surface area contributed by atoms with Gasteiger partial charge in [-0.1, -0.05) is 6.07 Å². The highest BCUT2D eigenvalue weighted by Crippen LogP contribution is 2.47. The Hall–Kier alpha value is -2.35. The third-order valence-electron chi connectivity index (χ3n) is 7.16. The number of nitrogens with zero attached hydrogens (tertiary/aromatic N) is 4. The number of hydrogen-bond acceptors (Lipinski definition) is 7. The van der Waals surface area contributed by atoms with Crippen LogP contribution in [0.15, 0.2) is 18.3 Å². The van der Waals surface area contributed by atoms with E-state index in [0.717, 1.165) is 50.6 Å². The quantitative estimate of drug-likeness (QED) is 0.599. The second-order valence-electron chi connectivity index (χ2n) is 9.27. The summed E-state index contributed by atoms with van der Waals surface area (Å²) in [6.07, 6.45) is 6.31. The molecule has 1 amide bonds. The summed E-state index contributed by atoms with van der Waals surface area (Å²) in [6, 6.07) is 4.62. The zero-order valence-electron chi connectivity index (χ0n) is 19.4. The highest BCUT2D eigenvalue weighted by molar-refractivity contribution is 5.70. The van der Waals surface area contributed by atoms with Gasteiger partial charge >= 0.3 is 12.1 Å². The number of ether oxygens (including phenoxy) is 2. The topological polar surface area (TPSA) is 75.2 Å². The number of rotatable bonds is 7. The van der Waals surface area contributed by atoms with Gasteiger partial charge in [0.25, 0.3) is 0 Å². The van der Waals surface area contributed by atoms with Crippen LogP contribution in [-0.4, -0.2) is 85.4 Å². The lowest BCUT2D eigenvalue weighted by Crippen LogP contribution is -2.58. The van der Waals surface area contributed by atoms with Crippen LogP contribution < -0.4 is 4.90 Å². The first kappa shape index (κ1) is 22.8. The Kier molecular flexibility index (Phi) is 7.18. The highest BCUT2D eigenvalue weighted by atomic mass is 16.6. The Morgan fingerprint density at radius 3 is 2.59 bits per heavy atom. The Bertz CT molecular complexity index is 803. The molecule has 1 spiro atoms. The van der Waals surface area contributed by atoms with Gasteiger partial charge in [0.2, 0.25) is 0 Å². The van der Waals surface area contributed by atoms with Crippen molar-refractivity contribution in [2.24, 2.45) is 5.41 Å². The first-order chi connectivity index (χ1) is 15.5. The second kappa shape index (κ2) is 10.1. The van der Waals surface area contributed by atoms with E-state index in [1.165, 1.54) is 19.3 Å². The van der Waals surface area contributed by atoms with Crippen LogP contribution in [-0.2, 0) is 20.7 Å².